The van der Waals surface area contributed by atoms with E-state index < -0.39 is 30.1 Å². The number of amides is 2. The number of Topliss-reactive ketones (excluding diaryl/α,β-unsaturated/α-hetero) is 1. The van der Waals surface area contributed by atoms with Crippen LogP contribution in [0.1, 0.15) is 66.2 Å². The zero-order chi connectivity index (χ0) is 19.6. The molecule has 0 aliphatic rings. The molecule has 8 heteroatoms. The highest BCUT2D eigenvalue weighted by molar-refractivity contribution is 5.86. The predicted molar refractivity (Wildman–Crippen MR) is 92.4 cm³/mol. The molecule has 25 heavy (non-hydrogen) atoms. The third-order valence-electron chi connectivity index (χ3n) is 3.66. The molecule has 0 fully saturated rings. The van der Waals surface area contributed by atoms with Crippen LogP contribution in [-0.2, 0) is 14.4 Å². The molecule has 0 saturated heterocycles. The monoisotopic (exact) mass is 358 g/mol. The number of carboxylic acid groups (broad SMARTS) is 2. The van der Waals surface area contributed by atoms with E-state index in [-0.39, 0.29) is 30.5 Å². The molecule has 0 spiro atoms. The van der Waals surface area contributed by atoms with Crippen LogP contribution >= 0.6 is 0 Å². The predicted octanol–water partition coefficient (Wildman–Crippen LogP) is 2.17. The molecule has 144 valence electrons. The molecule has 0 aromatic heterocycles. The van der Waals surface area contributed by atoms with Gasteiger partial charge in [-0.05, 0) is 31.6 Å². The molecule has 8 nitrogen and oxygen atoms in total. The van der Waals surface area contributed by atoms with Crippen molar-refractivity contribution in [3.05, 3.63) is 0 Å². The second-order valence-corrected chi connectivity index (χ2v) is 7.45. The third-order valence-corrected chi connectivity index (χ3v) is 3.66. The normalized spacial score (nSPS) is 13.6. The van der Waals surface area contributed by atoms with Crippen LogP contribution in [0.2, 0.25) is 0 Å². The summed E-state index contributed by atoms with van der Waals surface area (Å²) in [6.07, 6.45) is 2.67. The van der Waals surface area contributed by atoms with Crippen molar-refractivity contribution in [2.24, 2.45) is 5.41 Å². The van der Waals surface area contributed by atoms with Gasteiger partial charge in [0.25, 0.3) is 0 Å². The fraction of sp³-hybridized carbons (Fsp3) is 0.765. The van der Waals surface area contributed by atoms with E-state index in [4.69, 9.17) is 5.11 Å². The van der Waals surface area contributed by atoms with Crippen molar-refractivity contribution in [2.75, 3.05) is 0 Å². The molecule has 0 bridgehead atoms. The van der Waals surface area contributed by atoms with Gasteiger partial charge in [0, 0.05) is 6.42 Å². The minimum Gasteiger partial charge on any atom is -0.480 e. The molecule has 0 radical (unpaired) electrons. The average molecular weight is 358 g/mol. The van der Waals surface area contributed by atoms with Gasteiger partial charge in [-0.25, -0.2) is 14.4 Å². The van der Waals surface area contributed by atoms with Gasteiger partial charge in [0.05, 0.1) is 0 Å². The minimum absolute atomic E-state index is 0.0202. The fourth-order valence-electron chi connectivity index (χ4n) is 2.22. The number of carboxylic acids is 2. The summed E-state index contributed by atoms with van der Waals surface area (Å²) in [4.78, 5) is 45.2. The number of ketones is 1. The summed E-state index contributed by atoms with van der Waals surface area (Å²) in [6, 6.07) is -3.18. The highest BCUT2D eigenvalue weighted by Crippen LogP contribution is 2.22. The summed E-state index contributed by atoms with van der Waals surface area (Å²) in [5.74, 6) is -2.62. The summed E-state index contributed by atoms with van der Waals surface area (Å²) < 4.78 is 0. The number of aliphatic carboxylic acids is 2. The van der Waals surface area contributed by atoms with Gasteiger partial charge in [-0.2, -0.15) is 0 Å². The van der Waals surface area contributed by atoms with Crippen LogP contribution in [0.5, 0.6) is 0 Å². The number of unbranched alkanes of at least 4 members (excludes halogenated alkanes) is 1. The summed E-state index contributed by atoms with van der Waals surface area (Å²) in [5, 5.41) is 22.8. The van der Waals surface area contributed by atoms with E-state index >= 15 is 0 Å². The van der Waals surface area contributed by atoms with Crippen LogP contribution in [-0.4, -0.2) is 46.0 Å². The van der Waals surface area contributed by atoms with Gasteiger partial charge in [0.15, 0.2) is 0 Å². The minimum atomic E-state index is -1.27. The van der Waals surface area contributed by atoms with Gasteiger partial charge in [-0.1, -0.05) is 33.6 Å². The Labute approximate surface area is 148 Å². The largest absolute Gasteiger partial charge is 0.480 e. The van der Waals surface area contributed by atoms with Gasteiger partial charge in [0.2, 0.25) is 0 Å². The number of nitrogens with one attached hydrogen (secondary N) is 2. The van der Waals surface area contributed by atoms with Crippen LogP contribution in [0.15, 0.2) is 0 Å². The van der Waals surface area contributed by atoms with Crippen LogP contribution < -0.4 is 10.6 Å². The molecule has 2 amide bonds. The number of carbonyl (C=O) groups is 4. The summed E-state index contributed by atoms with van der Waals surface area (Å²) in [7, 11) is 0. The second kappa shape index (κ2) is 10.7. The highest BCUT2D eigenvalue weighted by Gasteiger charge is 2.24. The number of hydrogen-bond acceptors (Lipinski definition) is 4. The van der Waals surface area contributed by atoms with Crippen molar-refractivity contribution in [1.82, 2.24) is 10.6 Å². The first kappa shape index (κ1) is 22.9. The van der Waals surface area contributed by atoms with Crippen LogP contribution in [0.25, 0.3) is 0 Å². The number of urea groups is 1. The topological polar surface area (TPSA) is 133 Å². The smallest absolute Gasteiger partial charge is 0.326 e. The Kier molecular flexibility index (Phi) is 9.78. The number of hydrogen-bond donors (Lipinski definition) is 4. The molecule has 0 rings (SSSR count). The Morgan fingerprint density at radius 3 is 1.76 bits per heavy atom. The average Bonchev–Trinajstić information content (AvgIpc) is 2.44. The number of carbonyl (C=O) groups excluding carboxylic acids is 2. The van der Waals surface area contributed by atoms with Crippen molar-refractivity contribution in [1.29, 1.82) is 0 Å². The molecular weight excluding hydrogens is 328 g/mol. The Balaban J connectivity index is 4.48. The molecular formula is C17H30N2O6. The van der Waals surface area contributed by atoms with Gasteiger partial charge >= 0.3 is 18.0 Å². The van der Waals surface area contributed by atoms with E-state index in [9.17, 15) is 24.3 Å². The van der Waals surface area contributed by atoms with E-state index in [1.807, 2.05) is 0 Å². The maximum atomic E-state index is 11.9. The maximum Gasteiger partial charge on any atom is 0.326 e. The first-order valence-corrected chi connectivity index (χ1v) is 8.44. The van der Waals surface area contributed by atoms with Crippen LogP contribution in [0, 0.1) is 5.41 Å². The van der Waals surface area contributed by atoms with Crippen molar-refractivity contribution in [2.45, 2.75) is 78.3 Å². The van der Waals surface area contributed by atoms with Crippen molar-refractivity contribution in [3.63, 3.8) is 0 Å². The second-order valence-electron chi connectivity index (χ2n) is 7.45. The molecule has 0 aliphatic heterocycles. The first-order chi connectivity index (χ1) is 11.4. The number of rotatable bonds is 11. The molecule has 0 aliphatic carbocycles. The standard InChI is InChI=1S/C17H30N2O6/c1-11(20)8-9-13(15(23)24)19-16(25)18-12(14(21)22)7-5-6-10-17(2,3)4/h12-13H,5-10H2,1-4H3,(H,21,22)(H,23,24)(H2,18,19,25)/t12-,13-/m0/s1. The van der Waals surface area contributed by atoms with E-state index in [2.05, 4.69) is 31.4 Å². The summed E-state index contributed by atoms with van der Waals surface area (Å²) in [6.45, 7) is 7.62. The van der Waals surface area contributed by atoms with Gasteiger partial charge in [-0.3, -0.25) is 0 Å². The van der Waals surface area contributed by atoms with Crippen LogP contribution in [0.4, 0.5) is 4.79 Å². The molecule has 0 aromatic rings. The fourth-order valence-corrected chi connectivity index (χ4v) is 2.22. The maximum absolute atomic E-state index is 11.9. The molecule has 0 saturated carbocycles. The lowest BCUT2D eigenvalue weighted by atomic mass is 9.89. The van der Waals surface area contributed by atoms with Crippen LogP contribution in [0.3, 0.4) is 0 Å². The third kappa shape index (κ3) is 12.0. The van der Waals surface area contributed by atoms with Gasteiger partial charge in [0.1, 0.15) is 17.9 Å². The molecule has 0 heterocycles. The zero-order valence-corrected chi connectivity index (χ0v) is 15.4. The Morgan fingerprint density at radius 1 is 0.880 bits per heavy atom. The SMILES string of the molecule is CC(=O)CC[C@H](NC(=O)N[C@@H](CCCCC(C)(C)C)C(=O)O)C(=O)O. The lowest BCUT2D eigenvalue weighted by Gasteiger charge is -2.20. The Bertz CT molecular complexity index is 484. The van der Waals surface area contributed by atoms with E-state index in [0.717, 1.165) is 12.8 Å². The van der Waals surface area contributed by atoms with Crippen molar-refractivity contribution < 1.29 is 29.4 Å². The molecule has 2 atom stereocenters. The molecule has 0 unspecified atom stereocenters. The highest BCUT2D eigenvalue weighted by atomic mass is 16.4. The van der Waals surface area contributed by atoms with Gasteiger partial charge in [-0.15, -0.1) is 0 Å². The van der Waals surface area contributed by atoms with E-state index in [1.54, 1.807) is 0 Å². The molecule has 0 aromatic carbocycles. The quantitative estimate of drug-likeness (QED) is 0.418. The Hall–Kier alpha value is -2.12. The zero-order valence-electron chi connectivity index (χ0n) is 15.4. The van der Waals surface area contributed by atoms with Crippen molar-refractivity contribution >= 4 is 23.8 Å². The first-order valence-electron chi connectivity index (χ1n) is 8.44. The molecule has 4 N–H and O–H groups in total. The van der Waals surface area contributed by atoms with Crippen molar-refractivity contribution in [3.8, 4) is 0 Å². The van der Waals surface area contributed by atoms with Gasteiger partial charge < -0.3 is 25.6 Å². The summed E-state index contributed by atoms with van der Waals surface area (Å²) in [5.41, 5.74) is 0.162. The van der Waals surface area contributed by atoms with E-state index in [1.165, 1.54) is 6.92 Å². The lowest BCUT2D eigenvalue weighted by molar-refractivity contribution is -0.139. The van der Waals surface area contributed by atoms with E-state index in [0.29, 0.717) is 6.42 Å². The summed E-state index contributed by atoms with van der Waals surface area (Å²) >= 11 is 0. The Morgan fingerprint density at radius 2 is 1.36 bits per heavy atom. The lowest BCUT2D eigenvalue weighted by Crippen LogP contribution is -2.51.